The second-order valence-corrected chi connectivity index (χ2v) is 5.83. The van der Waals surface area contributed by atoms with Crippen LogP contribution in [0.3, 0.4) is 0 Å². The number of allylic oxidation sites excluding steroid dienone is 2. The third-order valence-electron chi connectivity index (χ3n) is 2.74. The van der Waals surface area contributed by atoms with E-state index in [1.165, 1.54) is 5.01 Å². The lowest BCUT2D eigenvalue weighted by Crippen LogP contribution is -2.50. The number of aliphatic imine (C=N–C) groups is 1. The quantitative estimate of drug-likeness (QED) is 0.537. The Balaban J connectivity index is 2.50. The molecule has 1 unspecified atom stereocenters. The number of amidine groups is 1. The van der Waals surface area contributed by atoms with Gasteiger partial charge in [-0.2, -0.15) is 13.2 Å². The van der Waals surface area contributed by atoms with Crippen LogP contribution in [0.15, 0.2) is 33.9 Å². The smallest absolute Gasteiger partial charge is 0.262 e. The summed E-state index contributed by atoms with van der Waals surface area (Å²) in [5.74, 6) is -1.18. The van der Waals surface area contributed by atoms with Gasteiger partial charge in [-0.1, -0.05) is 29.3 Å². The van der Waals surface area contributed by atoms with E-state index in [4.69, 9.17) is 11.6 Å². The third-order valence-corrected chi connectivity index (χ3v) is 2.91. The Morgan fingerprint density at radius 3 is 2.42 bits per heavy atom. The normalized spacial score (nSPS) is 23.6. The van der Waals surface area contributed by atoms with Crippen LogP contribution >= 0.6 is 11.6 Å². The lowest BCUT2D eigenvalue weighted by atomic mass is 9.99. The topological polar surface area (TPSA) is 28.0 Å². The van der Waals surface area contributed by atoms with Crippen LogP contribution in [0.2, 0.25) is 0 Å². The van der Waals surface area contributed by atoms with Gasteiger partial charge < -0.3 is 0 Å². The summed E-state index contributed by atoms with van der Waals surface area (Å²) in [6.45, 7) is 5.04. The molecule has 0 spiro atoms. The molecule has 19 heavy (non-hydrogen) atoms. The average Bonchev–Trinajstić information content (AvgIpc) is 2.24. The standard InChI is InChI=1S/C12H13ClF3N3/c1-7-4-5-8-9(6-7)19(11(2,3)13)18-10(17-8)12(14,15)16/h4-6,9H,1-3H3. The fraction of sp³-hybridized carbons (Fsp3) is 0.500. The molecule has 104 valence electrons. The van der Waals surface area contributed by atoms with Gasteiger partial charge in [0.1, 0.15) is 11.0 Å². The molecule has 3 nitrogen and oxygen atoms in total. The Labute approximate surface area is 114 Å². The zero-order valence-electron chi connectivity index (χ0n) is 10.7. The van der Waals surface area contributed by atoms with Crippen molar-refractivity contribution < 1.29 is 13.2 Å². The molecule has 0 amide bonds. The molecule has 1 atom stereocenters. The van der Waals surface area contributed by atoms with E-state index in [0.29, 0.717) is 5.71 Å². The molecule has 2 aliphatic rings. The summed E-state index contributed by atoms with van der Waals surface area (Å²) in [6.07, 6.45) is 0.478. The van der Waals surface area contributed by atoms with E-state index in [1.54, 1.807) is 32.1 Å². The second kappa shape index (κ2) is 4.37. The monoisotopic (exact) mass is 291 g/mol. The van der Waals surface area contributed by atoms with Crippen LogP contribution in [-0.4, -0.2) is 33.8 Å². The number of halogens is 4. The minimum Gasteiger partial charge on any atom is -0.262 e. The molecular formula is C12H13ClF3N3. The average molecular weight is 292 g/mol. The van der Waals surface area contributed by atoms with Gasteiger partial charge in [0, 0.05) is 0 Å². The maximum absolute atomic E-state index is 12.8. The zero-order valence-corrected chi connectivity index (χ0v) is 11.4. The minimum absolute atomic E-state index is 0.293. The van der Waals surface area contributed by atoms with Crippen molar-refractivity contribution in [2.75, 3.05) is 0 Å². The number of hydrogen-bond donors (Lipinski definition) is 0. The SMILES string of the molecule is CC1=CC2C(=NC(C(F)(F)F)=NN2C(C)(C)Cl)C=C1. The third kappa shape index (κ3) is 2.83. The number of rotatable bonds is 1. The predicted molar refractivity (Wildman–Crippen MR) is 69.4 cm³/mol. The van der Waals surface area contributed by atoms with Crippen molar-refractivity contribution in [3.05, 3.63) is 23.8 Å². The Bertz CT molecular complexity index is 509. The highest BCUT2D eigenvalue weighted by atomic mass is 35.5. The van der Waals surface area contributed by atoms with Gasteiger partial charge >= 0.3 is 6.18 Å². The molecule has 0 bridgehead atoms. The van der Waals surface area contributed by atoms with Crippen molar-refractivity contribution in [1.29, 1.82) is 0 Å². The second-order valence-electron chi connectivity index (χ2n) is 4.90. The highest BCUT2D eigenvalue weighted by molar-refractivity contribution is 6.23. The van der Waals surface area contributed by atoms with E-state index in [-0.39, 0.29) is 0 Å². The zero-order chi connectivity index (χ0) is 14.4. The van der Waals surface area contributed by atoms with Gasteiger partial charge in [0.15, 0.2) is 0 Å². The first-order chi connectivity index (χ1) is 8.59. The molecule has 0 radical (unpaired) electrons. The van der Waals surface area contributed by atoms with Crippen LogP contribution in [-0.2, 0) is 0 Å². The summed E-state index contributed by atoms with van der Waals surface area (Å²) < 4.78 is 38.4. The van der Waals surface area contributed by atoms with Crippen LogP contribution in [0.1, 0.15) is 20.8 Å². The van der Waals surface area contributed by atoms with Gasteiger partial charge in [0.05, 0.1) is 5.71 Å². The number of nitrogens with zero attached hydrogens (tertiary/aromatic N) is 3. The molecular weight excluding hydrogens is 279 g/mol. The van der Waals surface area contributed by atoms with E-state index >= 15 is 0 Å². The fourth-order valence-electron chi connectivity index (χ4n) is 1.88. The van der Waals surface area contributed by atoms with Crippen LogP contribution in [0.4, 0.5) is 13.2 Å². The van der Waals surface area contributed by atoms with Gasteiger partial charge in [-0.25, -0.2) is 4.99 Å². The Hall–Kier alpha value is -1.30. The molecule has 7 heteroatoms. The summed E-state index contributed by atoms with van der Waals surface area (Å²) in [5.41, 5.74) is 1.22. The first-order valence-corrected chi connectivity index (χ1v) is 6.06. The van der Waals surface area contributed by atoms with Crippen molar-refractivity contribution >= 4 is 23.1 Å². The lowest BCUT2D eigenvalue weighted by molar-refractivity contribution is -0.0622. The van der Waals surface area contributed by atoms with Crippen LogP contribution in [0, 0.1) is 0 Å². The van der Waals surface area contributed by atoms with Gasteiger partial charge in [0.25, 0.3) is 5.84 Å². The highest BCUT2D eigenvalue weighted by Crippen LogP contribution is 2.32. The van der Waals surface area contributed by atoms with Gasteiger partial charge in [-0.05, 0) is 26.8 Å². The van der Waals surface area contributed by atoms with E-state index in [2.05, 4.69) is 10.1 Å². The van der Waals surface area contributed by atoms with Crippen molar-refractivity contribution in [2.24, 2.45) is 10.1 Å². The Kier molecular flexibility index (Phi) is 3.24. The van der Waals surface area contributed by atoms with E-state index in [9.17, 15) is 13.2 Å². The summed E-state index contributed by atoms with van der Waals surface area (Å²) in [6, 6.07) is -0.469. The number of fused-ring (bicyclic) bond motifs is 1. The van der Waals surface area contributed by atoms with E-state index in [0.717, 1.165) is 5.57 Å². The van der Waals surface area contributed by atoms with Crippen molar-refractivity contribution in [3.8, 4) is 0 Å². The van der Waals surface area contributed by atoms with Crippen molar-refractivity contribution in [1.82, 2.24) is 5.01 Å². The number of hydrogen-bond acceptors (Lipinski definition) is 3. The Morgan fingerprint density at radius 1 is 1.26 bits per heavy atom. The fourth-order valence-corrected chi connectivity index (χ4v) is 2.03. The first-order valence-electron chi connectivity index (χ1n) is 5.68. The largest absolute Gasteiger partial charge is 0.453 e. The Morgan fingerprint density at radius 2 is 1.89 bits per heavy atom. The lowest BCUT2D eigenvalue weighted by Gasteiger charge is -2.39. The van der Waals surface area contributed by atoms with Crippen LogP contribution in [0.25, 0.3) is 0 Å². The summed E-state index contributed by atoms with van der Waals surface area (Å²) in [7, 11) is 0. The van der Waals surface area contributed by atoms with Crippen molar-refractivity contribution in [2.45, 2.75) is 38.0 Å². The van der Waals surface area contributed by atoms with E-state index < -0.39 is 23.1 Å². The minimum atomic E-state index is -4.59. The summed E-state index contributed by atoms with van der Waals surface area (Å²) >= 11 is 6.14. The molecule has 0 saturated carbocycles. The van der Waals surface area contributed by atoms with Gasteiger partial charge in [-0.3, -0.25) is 5.01 Å². The van der Waals surface area contributed by atoms with Crippen LogP contribution in [0.5, 0.6) is 0 Å². The molecule has 0 aromatic carbocycles. The molecule has 0 aromatic heterocycles. The van der Waals surface area contributed by atoms with Crippen molar-refractivity contribution in [3.63, 3.8) is 0 Å². The number of alkyl halides is 4. The molecule has 0 N–H and O–H groups in total. The first kappa shape index (κ1) is 14.1. The molecule has 1 heterocycles. The molecule has 0 saturated heterocycles. The maximum Gasteiger partial charge on any atom is 0.453 e. The maximum atomic E-state index is 12.8. The molecule has 0 fully saturated rings. The molecule has 1 aliphatic carbocycles. The number of hydrazone groups is 1. The van der Waals surface area contributed by atoms with E-state index in [1.807, 2.05) is 6.92 Å². The summed E-state index contributed by atoms with van der Waals surface area (Å²) in [5, 5.41) is 4.80. The molecule has 1 aliphatic heterocycles. The molecule has 0 aromatic rings. The van der Waals surface area contributed by atoms with Gasteiger partial charge in [-0.15, -0.1) is 5.10 Å². The predicted octanol–water partition coefficient (Wildman–Crippen LogP) is 3.48. The highest BCUT2D eigenvalue weighted by Gasteiger charge is 2.43. The van der Waals surface area contributed by atoms with Crippen LogP contribution < -0.4 is 0 Å². The molecule has 2 rings (SSSR count). The van der Waals surface area contributed by atoms with Gasteiger partial charge in [0.2, 0.25) is 0 Å². The summed E-state index contributed by atoms with van der Waals surface area (Å²) in [4.78, 5) is 2.53.